The molecule has 0 saturated heterocycles. The lowest BCUT2D eigenvalue weighted by molar-refractivity contribution is 0.0451. The molecule has 0 unspecified atom stereocenters. The average molecular weight is 288 g/mol. The Bertz CT molecular complexity index is 318. The summed E-state index contributed by atoms with van der Waals surface area (Å²) < 4.78 is 11.7. The van der Waals surface area contributed by atoms with E-state index in [4.69, 9.17) is 15.2 Å². The molecule has 90 valence electrons. The number of halogens is 1. The molecule has 0 saturated carbocycles. The molecule has 0 fully saturated rings. The fraction of sp³-hybridized carbons (Fsp3) is 0.500. The summed E-state index contributed by atoms with van der Waals surface area (Å²) in [5.41, 5.74) is 7.80. The number of hydrogen-bond acceptors (Lipinski definition) is 3. The molecule has 0 aliphatic rings. The summed E-state index contributed by atoms with van der Waals surface area (Å²) in [4.78, 5) is 0. The predicted molar refractivity (Wildman–Crippen MR) is 68.2 cm³/mol. The number of hydrogen-bond donors (Lipinski definition) is 1. The second-order valence-electron chi connectivity index (χ2n) is 3.38. The summed E-state index contributed by atoms with van der Waals surface area (Å²) in [7, 11) is 0. The average Bonchev–Trinajstić information content (AvgIpc) is 2.30. The van der Waals surface area contributed by atoms with Crippen molar-refractivity contribution in [3.8, 4) is 0 Å². The first-order chi connectivity index (χ1) is 7.77. The van der Waals surface area contributed by atoms with Crippen molar-refractivity contribution in [2.45, 2.75) is 20.1 Å². The lowest BCUT2D eigenvalue weighted by atomic mass is 10.1. The van der Waals surface area contributed by atoms with Crippen molar-refractivity contribution in [1.82, 2.24) is 0 Å². The molecule has 1 rings (SSSR count). The molecule has 0 spiro atoms. The topological polar surface area (TPSA) is 44.5 Å². The second kappa shape index (κ2) is 7.79. The largest absolute Gasteiger partial charge is 0.379 e. The Morgan fingerprint density at radius 1 is 1.25 bits per heavy atom. The van der Waals surface area contributed by atoms with E-state index in [9.17, 15) is 0 Å². The molecular formula is C12H18BrNO2. The highest BCUT2D eigenvalue weighted by molar-refractivity contribution is 9.10. The zero-order valence-corrected chi connectivity index (χ0v) is 11.1. The molecule has 16 heavy (non-hydrogen) atoms. The van der Waals surface area contributed by atoms with E-state index in [0.29, 0.717) is 26.4 Å². The van der Waals surface area contributed by atoms with Crippen molar-refractivity contribution in [1.29, 1.82) is 0 Å². The van der Waals surface area contributed by atoms with Gasteiger partial charge < -0.3 is 15.2 Å². The van der Waals surface area contributed by atoms with Crippen LogP contribution < -0.4 is 5.73 Å². The molecule has 0 atom stereocenters. The van der Waals surface area contributed by atoms with Crippen LogP contribution >= 0.6 is 15.9 Å². The Balaban J connectivity index is 2.36. The van der Waals surface area contributed by atoms with Crippen LogP contribution in [-0.4, -0.2) is 19.8 Å². The van der Waals surface area contributed by atoms with Crippen LogP contribution in [0.5, 0.6) is 0 Å². The van der Waals surface area contributed by atoms with E-state index in [0.717, 1.165) is 22.2 Å². The van der Waals surface area contributed by atoms with Crippen molar-refractivity contribution in [3.63, 3.8) is 0 Å². The van der Waals surface area contributed by atoms with E-state index in [1.807, 2.05) is 25.1 Å². The SMILES string of the molecule is CCOCCOCc1ccc(CN)cc1Br. The zero-order chi connectivity index (χ0) is 11.8. The van der Waals surface area contributed by atoms with Gasteiger partial charge in [-0.15, -0.1) is 0 Å². The molecule has 1 aromatic rings. The van der Waals surface area contributed by atoms with E-state index in [2.05, 4.69) is 15.9 Å². The molecular weight excluding hydrogens is 270 g/mol. The van der Waals surface area contributed by atoms with Crippen molar-refractivity contribution < 1.29 is 9.47 Å². The van der Waals surface area contributed by atoms with E-state index in [1.54, 1.807) is 0 Å². The molecule has 3 nitrogen and oxygen atoms in total. The van der Waals surface area contributed by atoms with Gasteiger partial charge in [0.05, 0.1) is 19.8 Å². The molecule has 0 bridgehead atoms. The third-order valence-electron chi connectivity index (χ3n) is 2.19. The fourth-order valence-electron chi connectivity index (χ4n) is 1.28. The van der Waals surface area contributed by atoms with E-state index >= 15 is 0 Å². The predicted octanol–water partition coefficient (Wildman–Crippen LogP) is 2.46. The van der Waals surface area contributed by atoms with Gasteiger partial charge in [-0.05, 0) is 24.1 Å². The quantitative estimate of drug-likeness (QED) is 0.784. The van der Waals surface area contributed by atoms with Crippen LogP contribution in [0.1, 0.15) is 18.1 Å². The molecule has 0 heterocycles. The minimum Gasteiger partial charge on any atom is -0.379 e. The number of rotatable bonds is 7. The van der Waals surface area contributed by atoms with Crippen molar-refractivity contribution in [2.75, 3.05) is 19.8 Å². The Labute approximate surface area is 105 Å². The van der Waals surface area contributed by atoms with E-state index in [-0.39, 0.29) is 0 Å². The van der Waals surface area contributed by atoms with E-state index < -0.39 is 0 Å². The lowest BCUT2D eigenvalue weighted by Crippen LogP contribution is -2.04. The standard InChI is InChI=1S/C12H18BrNO2/c1-2-15-5-6-16-9-11-4-3-10(8-14)7-12(11)13/h3-4,7H,2,5-6,8-9,14H2,1H3. The third kappa shape index (κ3) is 4.61. The monoisotopic (exact) mass is 287 g/mol. The van der Waals surface area contributed by atoms with Crippen LogP contribution in [0, 0.1) is 0 Å². The summed E-state index contributed by atoms with van der Waals surface area (Å²) in [5.74, 6) is 0. The van der Waals surface area contributed by atoms with E-state index in [1.165, 1.54) is 0 Å². The minimum atomic E-state index is 0.560. The van der Waals surface area contributed by atoms with Gasteiger partial charge in [0, 0.05) is 17.6 Å². The highest BCUT2D eigenvalue weighted by Crippen LogP contribution is 2.19. The summed E-state index contributed by atoms with van der Waals surface area (Å²) in [6, 6.07) is 6.08. The van der Waals surface area contributed by atoms with Gasteiger partial charge >= 0.3 is 0 Å². The molecule has 0 aliphatic carbocycles. The molecule has 0 radical (unpaired) electrons. The van der Waals surface area contributed by atoms with Gasteiger partial charge in [-0.1, -0.05) is 28.1 Å². The first kappa shape index (κ1) is 13.6. The van der Waals surface area contributed by atoms with Gasteiger partial charge in [-0.3, -0.25) is 0 Å². The Morgan fingerprint density at radius 3 is 2.62 bits per heavy atom. The van der Waals surface area contributed by atoms with Gasteiger partial charge in [-0.2, -0.15) is 0 Å². The minimum absolute atomic E-state index is 0.560. The third-order valence-corrected chi connectivity index (χ3v) is 2.93. The molecule has 2 N–H and O–H groups in total. The maximum absolute atomic E-state index is 5.56. The maximum atomic E-state index is 5.56. The molecule has 0 aliphatic heterocycles. The summed E-state index contributed by atoms with van der Waals surface area (Å²) in [5, 5.41) is 0. The molecule has 0 aromatic heterocycles. The van der Waals surface area contributed by atoms with Crippen LogP contribution in [-0.2, 0) is 22.6 Å². The Morgan fingerprint density at radius 2 is 2.00 bits per heavy atom. The van der Waals surface area contributed by atoms with Gasteiger partial charge in [0.2, 0.25) is 0 Å². The molecule has 1 aromatic carbocycles. The zero-order valence-electron chi connectivity index (χ0n) is 9.54. The normalized spacial score (nSPS) is 10.7. The summed E-state index contributed by atoms with van der Waals surface area (Å²) in [6.45, 7) is 5.14. The van der Waals surface area contributed by atoms with Crippen LogP contribution in [0.2, 0.25) is 0 Å². The van der Waals surface area contributed by atoms with Crippen LogP contribution in [0.4, 0.5) is 0 Å². The van der Waals surface area contributed by atoms with Crippen molar-refractivity contribution in [3.05, 3.63) is 33.8 Å². The van der Waals surface area contributed by atoms with Crippen LogP contribution in [0.25, 0.3) is 0 Å². The van der Waals surface area contributed by atoms with Crippen molar-refractivity contribution >= 4 is 15.9 Å². The highest BCUT2D eigenvalue weighted by Gasteiger charge is 2.01. The first-order valence-corrected chi connectivity index (χ1v) is 6.20. The highest BCUT2D eigenvalue weighted by atomic mass is 79.9. The van der Waals surface area contributed by atoms with Crippen molar-refractivity contribution in [2.24, 2.45) is 5.73 Å². The fourth-order valence-corrected chi connectivity index (χ4v) is 1.82. The van der Waals surface area contributed by atoms with Gasteiger partial charge in [0.15, 0.2) is 0 Å². The molecule has 4 heteroatoms. The summed E-state index contributed by atoms with van der Waals surface area (Å²) in [6.07, 6.45) is 0. The maximum Gasteiger partial charge on any atom is 0.0728 e. The summed E-state index contributed by atoms with van der Waals surface area (Å²) >= 11 is 3.50. The first-order valence-electron chi connectivity index (χ1n) is 5.40. The number of nitrogens with two attached hydrogens (primary N) is 1. The second-order valence-corrected chi connectivity index (χ2v) is 4.23. The van der Waals surface area contributed by atoms with Crippen LogP contribution in [0.3, 0.4) is 0 Å². The lowest BCUT2D eigenvalue weighted by Gasteiger charge is -2.07. The molecule has 0 amide bonds. The van der Waals surface area contributed by atoms with Gasteiger partial charge in [0.1, 0.15) is 0 Å². The Kier molecular flexibility index (Phi) is 6.64. The van der Waals surface area contributed by atoms with Gasteiger partial charge in [0.25, 0.3) is 0 Å². The van der Waals surface area contributed by atoms with Crippen LogP contribution in [0.15, 0.2) is 22.7 Å². The number of ether oxygens (including phenoxy) is 2. The van der Waals surface area contributed by atoms with Gasteiger partial charge in [-0.25, -0.2) is 0 Å². The number of benzene rings is 1. The smallest absolute Gasteiger partial charge is 0.0728 e. The Hall–Kier alpha value is -0.420.